The Labute approximate surface area is 650 Å². The molecule has 0 saturated heterocycles. The Morgan fingerprint density at radius 1 is 0.271 bits per heavy atom. The number of aliphatic hydroxyl groups is 2. The lowest BCUT2D eigenvalue weighted by atomic mass is 10.0. The molecule has 0 amide bonds. The fourth-order valence-electron chi connectivity index (χ4n) is 10.9. The molecule has 5 atom stereocenters. The van der Waals surface area contributed by atoms with Crippen molar-refractivity contribution in [3.8, 4) is 0 Å². The molecule has 0 aliphatic heterocycles. The number of rotatable bonds is 78. The first kappa shape index (κ1) is 102. The van der Waals surface area contributed by atoms with Crippen molar-refractivity contribution in [1.29, 1.82) is 0 Å². The van der Waals surface area contributed by atoms with Crippen LogP contribution in [0.1, 0.15) is 329 Å². The Balaban J connectivity index is 4.45. The number of unbranched alkanes of at least 4 members (excludes halogenated alkanes) is 29. The fraction of sp³-hybridized carbons (Fsp3) is 0.674. The van der Waals surface area contributed by atoms with Gasteiger partial charge in [0, 0.05) is 19.3 Å². The lowest BCUT2D eigenvalue weighted by molar-refractivity contribution is -0.161. The van der Waals surface area contributed by atoms with Crippen molar-refractivity contribution in [2.45, 2.75) is 347 Å². The van der Waals surface area contributed by atoms with Crippen LogP contribution in [-0.2, 0) is 55.8 Å². The predicted octanol–water partition coefficient (Wildman–Crippen LogP) is 25.0. The predicted molar refractivity (Wildman–Crippen MR) is 445 cm³/mol. The molecule has 0 fully saturated rings. The zero-order valence-corrected chi connectivity index (χ0v) is 68.8. The van der Waals surface area contributed by atoms with Crippen LogP contribution in [0.15, 0.2) is 158 Å². The van der Waals surface area contributed by atoms with E-state index in [-0.39, 0.29) is 19.3 Å². The number of aliphatic hydroxyl groups excluding tert-OH is 2. The first-order valence-corrected chi connectivity index (χ1v) is 44.8. The van der Waals surface area contributed by atoms with Crippen molar-refractivity contribution in [1.82, 2.24) is 0 Å². The summed E-state index contributed by atoms with van der Waals surface area (Å²) in [6.45, 7) is 2.39. The third-order valence-corrected chi connectivity index (χ3v) is 19.1. The zero-order valence-electron chi connectivity index (χ0n) is 67.0. The Bertz CT molecular complexity index is 2580. The number of carbonyl (C=O) groups is 3. The normalized spacial score (nSPS) is 14.7. The van der Waals surface area contributed by atoms with Crippen LogP contribution in [0.2, 0.25) is 0 Å². The van der Waals surface area contributed by atoms with E-state index >= 15 is 0 Å². The van der Waals surface area contributed by atoms with E-state index in [0.29, 0.717) is 19.3 Å². The molecular weight excluding hydrogens is 1390 g/mol. The van der Waals surface area contributed by atoms with Gasteiger partial charge in [0.2, 0.25) is 0 Å². The Hall–Kier alpha value is -4.83. The van der Waals surface area contributed by atoms with E-state index in [0.717, 1.165) is 161 Å². The van der Waals surface area contributed by atoms with E-state index in [9.17, 15) is 43.5 Å². The van der Waals surface area contributed by atoms with Gasteiger partial charge in [-0.1, -0.05) is 320 Å². The van der Waals surface area contributed by atoms with Crippen LogP contribution in [0, 0.1) is 0 Å². The van der Waals surface area contributed by atoms with Crippen LogP contribution in [0.25, 0.3) is 0 Å². The van der Waals surface area contributed by atoms with E-state index in [4.69, 9.17) is 32.3 Å². The standard InChI is InChI=1S/C89H150O16P2/c1-4-7-10-13-16-19-22-25-28-30-32-34-35-36-37-38-39-40-41-42-43-44-45-46-47-49-51-52-55-57-60-63-66-69-72-75-87(92)99-78-84(90)79-101-106(95,96)102-80-85(91)81-103-107(97,98)104-83-86(105-89(94)77-74-71-68-65-62-59-54-27-24-21-18-15-12-9-6-3)82-100-88(93)76-73-70-67-64-61-58-56-53-50-48-33-31-29-26-23-20-17-14-11-8-5-2/h7,9-10,12,16-21,25-29,32-34,36-37,39-40,48,53-54,56,84-86,90-91H,4-6,8,11,13-15,22-24,30-31,35,38,41-47,49-52,55,57-83H2,1-3H3,(H,95,96)(H,97,98)/b10-7-,12-9-,19-16-,20-17-,21-18-,28-25-,29-26-,34-32-,37-36-,40-39-,48-33-,54-27-,56-53-. The zero-order chi connectivity index (χ0) is 78.0. The van der Waals surface area contributed by atoms with Gasteiger partial charge in [-0.2, -0.15) is 0 Å². The third kappa shape index (κ3) is 82.0. The molecule has 0 aliphatic carbocycles. The maximum absolute atomic E-state index is 13.0. The Morgan fingerprint density at radius 3 is 0.785 bits per heavy atom. The number of phosphoric acid groups is 2. The Kier molecular flexibility index (Phi) is 77.0. The number of ether oxygens (including phenoxy) is 3. The SMILES string of the molecule is CC/C=C\C/C=C\C/C=C\C/C=C\C/C=C\C/C=C\CCCCCCCCCCCCCCCCCCC(=O)OCC(O)COP(=O)(O)OCC(O)COP(=O)(O)OCC(COC(=O)CCCCCCC/C=C\C/C=C\C/C=C\C/C=C\CCCCC)OC(=O)CCCCCCC/C=C\C/C=C\C/C=C\CC. The molecular formula is C89H150O16P2. The van der Waals surface area contributed by atoms with E-state index in [1.54, 1.807) is 0 Å². The van der Waals surface area contributed by atoms with Crippen molar-refractivity contribution in [3.05, 3.63) is 158 Å². The average molecular weight is 1540 g/mol. The van der Waals surface area contributed by atoms with Crippen molar-refractivity contribution >= 4 is 33.6 Å². The highest BCUT2D eigenvalue weighted by atomic mass is 31.2. The summed E-state index contributed by atoms with van der Waals surface area (Å²) in [6, 6.07) is 0. The van der Waals surface area contributed by atoms with Crippen molar-refractivity contribution in [2.24, 2.45) is 0 Å². The number of allylic oxidation sites excluding steroid dienone is 26. The molecule has 0 rings (SSSR count). The van der Waals surface area contributed by atoms with Gasteiger partial charge in [-0.05, 0) is 148 Å². The lowest BCUT2D eigenvalue weighted by Gasteiger charge is -2.21. The third-order valence-electron chi connectivity index (χ3n) is 17.2. The molecule has 0 aromatic rings. The van der Waals surface area contributed by atoms with Gasteiger partial charge in [-0.25, -0.2) is 9.13 Å². The van der Waals surface area contributed by atoms with E-state index in [1.165, 1.54) is 109 Å². The molecule has 0 saturated carbocycles. The summed E-state index contributed by atoms with van der Waals surface area (Å²) < 4.78 is 61.2. The highest BCUT2D eigenvalue weighted by Crippen LogP contribution is 2.45. The molecule has 0 radical (unpaired) electrons. The summed E-state index contributed by atoms with van der Waals surface area (Å²) in [4.78, 5) is 58.7. The smallest absolute Gasteiger partial charge is 0.463 e. The largest absolute Gasteiger partial charge is 0.472 e. The maximum atomic E-state index is 13.0. The average Bonchev–Trinajstić information content (AvgIpc) is 0.906. The molecule has 0 bridgehead atoms. The van der Waals surface area contributed by atoms with Crippen molar-refractivity contribution in [3.63, 3.8) is 0 Å². The van der Waals surface area contributed by atoms with Gasteiger partial charge in [0.05, 0.1) is 26.4 Å². The molecule has 107 heavy (non-hydrogen) atoms. The second-order valence-electron chi connectivity index (χ2n) is 27.5. The van der Waals surface area contributed by atoms with Gasteiger partial charge < -0.3 is 34.2 Å². The molecule has 0 aromatic heterocycles. The van der Waals surface area contributed by atoms with Crippen LogP contribution in [0.5, 0.6) is 0 Å². The topological polar surface area (TPSA) is 231 Å². The second-order valence-corrected chi connectivity index (χ2v) is 30.4. The Morgan fingerprint density at radius 2 is 0.495 bits per heavy atom. The summed E-state index contributed by atoms with van der Waals surface area (Å²) in [5.74, 6) is -1.62. The quantitative estimate of drug-likeness (QED) is 0.0146. The van der Waals surface area contributed by atoms with Gasteiger partial charge in [0.25, 0.3) is 0 Å². The van der Waals surface area contributed by atoms with Gasteiger partial charge in [0.1, 0.15) is 25.4 Å². The van der Waals surface area contributed by atoms with E-state index in [1.807, 2.05) is 0 Å². The maximum Gasteiger partial charge on any atom is 0.472 e. The second kappa shape index (κ2) is 80.7. The number of phosphoric ester groups is 2. The van der Waals surface area contributed by atoms with Crippen molar-refractivity contribution in [2.75, 3.05) is 39.6 Å². The minimum atomic E-state index is -4.94. The number of hydrogen-bond acceptors (Lipinski definition) is 14. The summed E-state index contributed by atoms with van der Waals surface area (Å²) in [5.41, 5.74) is 0. The molecule has 5 unspecified atom stereocenters. The van der Waals surface area contributed by atoms with Crippen LogP contribution in [0.4, 0.5) is 0 Å². The van der Waals surface area contributed by atoms with Crippen LogP contribution < -0.4 is 0 Å². The van der Waals surface area contributed by atoms with Crippen LogP contribution in [0.3, 0.4) is 0 Å². The minimum Gasteiger partial charge on any atom is -0.463 e. The fourth-order valence-corrected chi connectivity index (χ4v) is 12.5. The molecule has 16 nitrogen and oxygen atoms in total. The highest BCUT2D eigenvalue weighted by Gasteiger charge is 2.29. The van der Waals surface area contributed by atoms with E-state index < -0.39 is 91.5 Å². The number of hydrogen-bond donors (Lipinski definition) is 4. The van der Waals surface area contributed by atoms with Gasteiger partial charge in [0.15, 0.2) is 6.10 Å². The molecule has 0 aromatic carbocycles. The summed E-state index contributed by atoms with van der Waals surface area (Å²) in [5, 5.41) is 20.7. The molecule has 0 spiro atoms. The minimum absolute atomic E-state index is 0.0771. The summed E-state index contributed by atoms with van der Waals surface area (Å²) >= 11 is 0. The van der Waals surface area contributed by atoms with Crippen LogP contribution in [-0.4, -0.2) is 95.9 Å². The first-order chi connectivity index (χ1) is 52.2. The summed E-state index contributed by atoms with van der Waals surface area (Å²) in [6.07, 6.45) is 102. The number of esters is 3. The lowest BCUT2D eigenvalue weighted by Crippen LogP contribution is -2.30. The molecule has 18 heteroatoms. The number of carbonyl (C=O) groups excluding carboxylic acids is 3. The van der Waals surface area contributed by atoms with Gasteiger partial charge in [-0.15, -0.1) is 0 Å². The highest BCUT2D eigenvalue weighted by molar-refractivity contribution is 7.47. The van der Waals surface area contributed by atoms with Crippen molar-refractivity contribution < 1.29 is 75.8 Å². The van der Waals surface area contributed by atoms with Crippen LogP contribution >= 0.6 is 15.6 Å². The first-order valence-electron chi connectivity index (χ1n) is 41.8. The summed E-state index contributed by atoms with van der Waals surface area (Å²) in [7, 11) is -9.81. The van der Waals surface area contributed by atoms with E-state index in [2.05, 4.69) is 179 Å². The van der Waals surface area contributed by atoms with Gasteiger partial charge in [-0.3, -0.25) is 32.5 Å². The van der Waals surface area contributed by atoms with Gasteiger partial charge >= 0.3 is 33.6 Å². The molecule has 4 N–H and O–H groups in total. The molecule has 612 valence electrons. The molecule has 0 aliphatic rings. The molecule has 0 heterocycles. The monoisotopic (exact) mass is 1540 g/mol.